The molecule has 1 unspecified atom stereocenters. The predicted molar refractivity (Wildman–Crippen MR) is 65.1 cm³/mol. The Morgan fingerprint density at radius 2 is 2.41 bits per heavy atom. The van der Waals surface area contributed by atoms with E-state index in [0.717, 1.165) is 0 Å². The number of halogens is 1. The molecule has 2 heterocycles. The van der Waals surface area contributed by atoms with E-state index in [1.807, 2.05) is 0 Å². The van der Waals surface area contributed by atoms with Crippen molar-refractivity contribution in [1.29, 1.82) is 0 Å². The van der Waals surface area contributed by atoms with Gasteiger partial charge in [-0.15, -0.1) is 24.2 Å². The van der Waals surface area contributed by atoms with E-state index in [1.165, 1.54) is 23.8 Å². The fraction of sp³-hybridized carbons (Fsp3) is 0.778. The predicted octanol–water partition coefficient (Wildman–Crippen LogP) is -0.632. The van der Waals surface area contributed by atoms with Crippen LogP contribution in [-0.2, 0) is 14.3 Å². The maximum atomic E-state index is 11.5. The van der Waals surface area contributed by atoms with Crippen molar-refractivity contribution >= 4 is 36.0 Å². The average Bonchev–Trinajstić information content (AvgIpc) is 2.28. The van der Waals surface area contributed by atoms with Crippen molar-refractivity contribution in [2.45, 2.75) is 11.4 Å². The molecule has 0 aromatic carbocycles. The Labute approximate surface area is 109 Å². The number of ether oxygens (including phenoxy) is 1. The second-order valence-corrected chi connectivity index (χ2v) is 5.32. The van der Waals surface area contributed by atoms with E-state index in [-0.39, 0.29) is 36.8 Å². The van der Waals surface area contributed by atoms with Gasteiger partial charge in [0, 0.05) is 19.4 Å². The van der Waals surface area contributed by atoms with Crippen LogP contribution in [0.1, 0.15) is 0 Å². The standard InChI is InChI=1S/C9H14N2O4S.ClH/c1-15-3-9(8(13)14)2-11-6(12)5(10)7(11)16-4-9;/h5,7H,2-4,10H2,1H3,(H,13,14);1H/t5-,7-,9?;/m1./s1. The van der Waals surface area contributed by atoms with Gasteiger partial charge in [0.05, 0.1) is 6.61 Å². The quantitative estimate of drug-likeness (QED) is 0.670. The summed E-state index contributed by atoms with van der Waals surface area (Å²) in [4.78, 5) is 24.3. The van der Waals surface area contributed by atoms with E-state index < -0.39 is 17.4 Å². The molecule has 17 heavy (non-hydrogen) atoms. The first-order valence-electron chi connectivity index (χ1n) is 4.92. The molecule has 2 fully saturated rings. The van der Waals surface area contributed by atoms with Crippen molar-refractivity contribution in [3.05, 3.63) is 0 Å². The van der Waals surface area contributed by atoms with Crippen LogP contribution in [0, 0.1) is 5.41 Å². The minimum atomic E-state index is -0.994. The third-order valence-electron chi connectivity index (χ3n) is 3.06. The van der Waals surface area contributed by atoms with Crippen LogP contribution in [0.3, 0.4) is 0 Å². The molecule has 2 saturated heterocycles. The number of nitrogens with two attached hydrogens (primary N) is 1. The molecule has 3 N–H and O–H groups in total. The molecule has 0 aliphatic carbocycles. The van der Waals surface area contributed by atoms with Crippen molar-refractivity contribution in [2.75, 3.05) is 26.0 Å². The molecule has 6 nitrogen and oxygen atoms in total. The van der Waals surface area contributed by atoms with E-state index in [1.54, 1.807) is 0 Å². The number of fused-ring (bicyclic) bond motifs is 1. The molecule has 2 rings (SSSR count). The van der Waals surface area contributed by atoms with Gasteiger partial charge in [0.2, 0.25) is 5.91 Å². The van der Waals surface area contributed by atoms with Crippen LogP contribution < -0.4 is 5.73 Å². The van der Waals surface area contributed by atoms with Crippen molar-refractivity contribution in [3.63, 3.8) is 0 Å². The number of methoxy groups -OCH3 is 1. The number of carboxylic acids is 1. The molecule has 2 aliphatic rings. The van der Waals surface area contributed by atoms with E-state index in [4.69, 9.17) is 10.5 Å². The first-order chi connectivity index (χ1) is 7.52. The van der Waals surface area contributed by atoms with Gasteiger partial charge in [0.25, 0.3) is 0 Å². The number of carbonyl (C=O) groups excluding carboxylic acids is 1. The van der Waals surface area contributed by atoms with Gasteiger partial charge in [-0.05, 0) is 0 Å². The Bertz CT molecular complexity index is 343. The van der Waals surface area contributed by atoms with Gasteiger partial charge in [0.15, 0.2) is 0 Å². The Morgan fingerprint density at radius 3 is 2.94 bits per heavy atom. The van der Waals surface area contributed by atoms with Gasteiger partial charge in [-0.25, -0.2) is 0 Å². The summed E-state index contributed by atoms with van der Waals surface area (Å²) < 4.78 is 4.95. The Morgan fingerprint density at radius 1 is 1.76 bits per heavy atom. The number of aliphatic carboxylic acids is 1. The van der Waals surface area contributed by atoms with Crippen molar-refractivity contribution in [2.24, 2.45) is 11.1 Å². The first kappa shape index (κ1) is 14.6. The van der Waals surface area contributed by atoms with Crippen LogP contribution in [0.5, 0.6) is 0 Å². The fourth-order valence-electron chi connectivity index (χ4n) is 2.08. The number of β-lactam (4-membered cyclic amide) rings is 1. The number of hydrogen-bond acceptors (Lipinski definition) is 5. The van der Waals surface area contributed by atoms with Gasteiger partial charge in [-0.1, -0.05) is 0 Å². The monoisotopic (exact) mass is 282 g/mol. The van der Waals surface area contributed by atoms with Crippen LogP contribution in [0.2, 0.25) is 0 Å². The van der Waals surface area contributed by atoms with Crippen LogP contribution in [0.4, 0.5) is 0 Å². The van der Waals surface area contributed by atoms with Gasteiger partial charge in [-0.3, -0.25) is 9.59 Å². The number of amides is 1. The SMILES string of the molecule is COCC1(C(=O)O)CS[C@@H]2[C@H](N)C(=O)N2C1.Cl. The third kappa shape index (κ3) is 2.12. The molecule has 0 aromatic heterocycles. The zero-order chi connectivity index (χ0) is 11.9. The van der Waals surface area contributed by atoms with Gasteiger partial charge in [-0.2, -0.15) is 0 Å². The minimum absolute atomic E-state index is 0. The van der Waals surface area contributed by atoms with Gasteiger partial charge < -0.3 is 20.5 Å². The zero-order valence-corrected chi connectivity index (χ0v) is 10.9. The van der Waals surface area contributed by atoms with Crippen LogP contribution in [-0.4, -0.2) is 59.3 Å². The maximum absolute atomic E-state index is 11.5. The topological polar surface area (TPSA) is 92.9 Å². The third-order valence-corrected chi connectivity index (χ3v) is 4.67. The fourth-order valence-corrected chi connectivity index (χ4v) is 3.55. The molecule has 0 bridgehead atoms. The second kappa shape index (κ2) is 5.01. The van der Waals surface area contributed by atoms with Gasteiger partial charge in [0.1, 0.15) is 16.8 Å². The van der Waals surface area contributed by atoms with Crippen LogP contribution in [0.15, 0.2) is 0 Å². The smallest absolute Gasteiger partial charge is 0.314 e. The molecular formula is C9H15ClN2O4S. The summed E-state index contributed by atoms with van der Waals surface area (Å²) in [5.41, 5.74) is 4.63. The number of thioether (sulfide) groups is 1. The summed E-state index contributed by atoms with van der Waals surface area (Å²) in [6.07, 6.45) is 0. The van der Waals surface area contributed by atoms with Crippen LogP contribution >= 0.6 is 24.2 Å². The number of carboxylic acid groups (broad SMARTS) is 1. The molecule has 2 aliphatic heterocycles. The molecular weight excluding hydrogens is 268 g/mol. The number of carbonyl (C=O) groups is 2. The highest BCUT2D eigenvalue weighted by atomic mass is 35.5. The lowest BCUT2D eigenvalue weighted by Gasteiger charge is -2.52. The van der Waals surface area contributed by atoms with E-state index >= 15 is 0 Å². The second-order valence-electron chi connectivity index (χ2n) is 4.21. The number of hydrogen-bond donors (Lipinski definition) is 2. The lowest BCUT2D eigenvalue weighted by molar-refractivity contribution is -0.159. The average molecular weight is 283 g/mol. The first-order valence-corrected chi connectivity index (χ1v) is 5.97. The lowest BCUT2D eigenvalue weighted by Crippen LogP contribution is -2.72. The normalized spacial score (nSPS) is 35.6. The highest BCUT2D eigenvalue weighted by molar-refractivity contribution is 8.00. The van der Waals surface area contributed by atoms with E-state index in [0.29, 0.717) is 5.75 Å². The van der Waals surface area contributed by atoms with E-state index in [2.05, 4.69) is 0 Å². The molecule has 8 heteroatoms. The highest BCUT2D eigenvalue weighted by Crippen LogP contribution is 2.41. The maximum Gasteiger partial charge on any atom is 0.314 e. The Balaban J connectivity index is 0.00000144. The molecule has 3 atom stereocenters. The number of nitrogens with zero attached hydrogens (tertiary/aromatic N) is 1. The molecule has 98 valence electrons. The summed E-state index contributed by atoms with van der Waals surface area (Å²) in [6, 6.07) is -0.473. The Kier molecular flexibility index (Phi) is 4.29. The van der Waals surface area contributed by atoms with E-state index in [9.17, 15) is 14.7 Å². The molecule has 0 saturated carbocycles. The highest BCUT2D eigenvalue weighted by Gasteiger charge is 2.55. The molecule has 0 aromatic rings. The number of rotatable bonds is 3. The summed E-state index contributed by atoms with van der Waals surface area (Å²) in [5.74, 6) is -0.661. The van der Waals surface area contributed by atoms with Gasteiger partial charge >= 0.3 is 5.97 Å². The van der Waals surface area contributed by atoms with Crippen molar-refractivity contribution in [1.82, 2.24) is 4.90 Å². The van der Waals surface area contributed by atoms with Crippen molar-refractivity contribution < 1.29 is 19.4 Å². The zero-order valence-electron chi connectivity index (χ0n) is 9.29. The summed E-state index contributed by atoms with van der Waals surface area (Å²) >= 11 is 1.42. The molecule has 0 spiro atoms. The molecule has 0 radical (unpaired) electrons. The summed E-state index contributed by atoms with van der Waals surface area (Å²) in [6.45, 7) is 0.307. The minimum Gasteiger partial charge on any atom is -0.481 e. The molecule has 1 amide bonds. The summed E-state index contributed by atoms with van der Waals surface area (Å²) in [5, 5.41) is 9.18. The largest absolute Gasteiger partial charge is 0.481 e. The van der Waals surface area contributed by atoms with Crippen molar-refractivity contribution in [3.8, 4) is 0 Å². The Hall–Kier alpha value is -0.500. The summed E-state index contributed by atoms with van der Waals surface area (Å²) in [7, 11) is 1.46. The lowest BCUT2D eigenvalue weighted by atomic mass is 9.88. The van der Waals surface area contributed by atoms with Crippen LogP contribution in [0.25, 0.3) is 0 Å².